The van der Waals surface area contributed by atoms with E-state index in [9.17, 15) is 9.59 Å². The SMILES string of the molecule is CCC(C)N(CC(=O)N(CCc1ccc(OC)c(OC)c1)Cc1ccco1)C(=O)Nc1ccc(Br)cc1. The van der Waals surface area contributed by atoms with Crippen LogP contribution in [0.3, 0.4) is 0 Å². The van der Waals surface area contributed by atoms with Gasteiger partial charge < -0.3 is 29.0 Å². The Morgan fingerprint density at radius 1 is 1.05 bits per heavy atom. The van der Waals surface area contributed by atoms with Gasteiger partial charge in [0.2, 0.25) is 5.91 Å². The van der Waals surface area contributed by atoms with Crippen molar-refractivity contribution >= 4 is 33.6 Å². The van der Waals surface area contributed by atoms with Crippen molar-refractivity contribution in [2.24, 2.45) is 0 Å². The fourth-order valence-electron chi connectivity index (χ4n) is 3.81. The Morgan fingerprint density at radius 2 is 1.78 bits per heavy atom. The lowest BCUT2D eigenvalue weighted by Crippen LogP contribution is -2.48. The smallest absolute Gasteiger partial charge is 0.322 e. The van der Waals surface area contributed by atoms with Gasteiger partial charge in [-0.1, -0.05) is 28.9 Å². The highest BCUT2D eigenvalue weighted by molar-refractivity contribution is 9.10. The average Bonchev–Trinajstić information content (AvgIpc) is 3.43. The molecule has 0 saturated heterocycles. The Hall–Kier alpha value is -3.46. The number of carbonyl (C=O) groups excluding carboxylic acids is 2. The van der Waals surface area contributed by atoms with Gasteiger partial charge in [-0.15, -0.1) is 0 Å². The molecule has 198 valence electrons. The number of rotatable bonds is 12. The van der Waals surface area contributed by atoms with Crippen LogP contribution in [0.25, 0.3) is 0 Å². The molecule has 0 aliphatic rings. The lowest BCUT2D eigenvalue weighted by molar-refractivity contribution is -0.133. The van der Waals surface area contributed by atoms with Gasteiger partial charge in [-0.2, -0.15) is 0 Å². The van der Waals surface area contributed by atoms with Crippen molar-refractivity contribution in [2.75, 3.05) is 32.6 Å². The second-order valence-electron chi connectivity index (χ2n) is 8.66. The summed E-state index contributed by atoms with van der Waals surface area (Å²) in [4.78, 5) is 30.0. The molecule has 3 amide bonds. The summed E-state index contributed by atoms with van der Waals surface area (Å²) < 4.78 is 17.2. The van der Waals surface area contributed by atoms with Crippen molar-refractivity contribution in [1.82, 2.24) is 9.80 Å². The van der Waals surface area contributed by atoms with Crippen LogP contribution in [0.4, 0.5) is 10.5 Å². The van der Waals surface area contributed by atoms with Gasteiger partial charge in [0.1, 0.15) is 12.3 Å². The number of hydrogen-bond donors (Lipinski definition) is 1. The van der Waals surface area contributed by atoms with E-state index in [4.69, 9.17) is 13.9 Å². The number of furan rings is 1. The van der Waals surface area contributed by atoms with E-state index in [0.717, 1.165) is 10.0 Å². The highest BCUT2D eigenvalue weighted by Crippen LogP contribution is 2.28. The summed E-state index contributed by atoms with van der Waals surface area (Å²) in [6.45, 7) is 4.63. The molecule has 2 aromatic carbocycles. The minimum Gasteiger partial charge on any atom is -0.493 e. The molecular weight excluding hydrogens is 538 g/mol. The fraction of sp³-hybridized carbons (Fsp3) is 0.357. The number of nitrogens with one attached hydrogen (secondary N) is 1. The Bertz CT molecular complexity index is 1150. The summed E-state index contributed by atoms with van der Waals surface area (Å²) in [5.41, 5.74) is 1.66. The molecule has 1 heterocycles. The lowest BCUT2D eigenvalue weighted by atomic mass is 10.1. The molecule has 0 saturated carbocycles. The lowest BCUT2D eigenvalue weighted by Gasteiger charge is -2.31. The van der Waals surface area contributed by atoms with Gasteiger partial charge >= 0.3 is 6.03 Å². The zero-order valence-corrected chi connectivity index (χ0v) is 23.3. The van der Waals surface area contributed by atoms with E-state index in [1.807, 2.05) is 62.4 Å². The first-order chi connectivity index (χ1) is 17.8. The largest absolute Gasteiger partial charge is 0.493 e. The summed E-state index contributed by atoms with van der Waals surface area (Å²) >= 11 is 3.40. The van der Waals surface area contributed by atoms with Crippen LogP contribution >= 0.6 is 15.9 Å². The van der Waals surface area contributed by atoms with Crippen LogP contribution < -0.4 is 14.8 Å². The number of nitrogens with zero attached hydrogens (tertiary/aromatic N) is 2. The monoisotopic (exact) mass is 571 g/mol. The quantitative estimate of drug-likeness (QED) is 0.290. The molecule has 0 aliphatic heterocycles. The molecule has 37 heavy (non-hydrogen) atoms. The van der Waals surface area contributed by atoms with E-state index < -0.39 is 0 Å². The second kappa shape index (κ2) is 13.7. The van der Waals surface area contributed by atoms with Crippen LogP contribution in [0.2, 0.25) is 0 Å². The molecule has 0 aliphatic carbocycles. The predicted molar refractivity (Wildman–Crippen MR) is 147 cm³/mol. The molecule has 8 nitrogen and oxygen atoms in total. The zero-order chi connectivity index (χ0) is 26.8. The van der Waals surface area contributed by atoms with E-state index in [2.05, 4.69) is 21.2 Å². The van der Waals surface area contributed by atoms with Crippen molar-refractivity contribution in [1.29, 1.82) is 0 Å². The number of methoxy groups -OCH3 is 2. The third-order valence-electron chi connectivity index (χ3n) is 6.18. The molecule has 1 N–H and O–H groups in total. The van der Waals surface area contributed by atoms with Crippen molar-refractivity contribution in [2.45, 2.75) is 39.3 Å². The van der Waals surface area contributed by atoms with E-state index in [0.29, 0.717) is 48.9 Å². The summed E-state index contributed by atoms with van der Waals surface area (Å²) in [5.74, 6) is 1.80. The van der Waals surface area contributed by atoms with Gasteiger partial charge in [-0.05, 0) is 73.9 Å². The summed E-state index contributed by atoms with van der Waals surface area (Å²) in [6.07, 6.45) is 2.90. The van der Waals surface area contributed by atoms with Crippen molar-refractivity contribution in [3.63, 3.8) is 0 Å². The third kappa shape index (κ3) is 8.01. The highest BCUT2D eigenvalue weighted by Gasteiger charge is 2.25. The van der Waals surface area contributed by atoms with Crippen LogP contribution in [0, 0.1) is 0 Å². The van der Waals surface area contributed by atoms with Crippen molar-refractivity contribution < 1.29 is 23.5 Å². The Balaban J connectivity index is 1.75. The van der Waals surface area contributed by atoms with Gasteiger partial charge in [0.05, 0.1) is 27.0 Å². The van der Waals surface area contributed by atoms with Crippen molar-refractivity contribution in [3.05, 3.63) is 76.7 Å². The number of carbonyl (C=O) groups is 2. The van der Waals surface area contributed by atoms with Gasteiger partial charge in [0.15, 0.2) is 11.5 Å². The normalized spacial score (nSPS) is 11.5. The number of benzene rings is 2. The van der Waals surface area contributed by atoms with Gasteiger partial charge in [-0.3, -0.25) is 4.79 Å². The van der Waals surface area contributed by atoms with Crippen LogP contribution in [0.5, 0.6) is 11.5 Å². The van der Waals surface area contributed by atoms with E-state index >= 15 is 0 Å². The number of urea groups is 1. The average molecular weight is 573 g/mol. The first-order valence-electron chi connectivity index (χ1n) is 12.2. The minimum absolute atomic E-state index is 0.0516. The molecule has 0 spiro atoms. The number of anilines is 1. The highest BCUT2D eigenvalue weighted by atomic mass is 79.9. The van der Waals surface area contributed by atoms with E-state index in [-0.39, 0.29) is 24.5 Å². The zero-order valence-electron chi connectivity index (χ0n) is 21.7. The molecule has 1 unspecified atom stereocenters. The Labute approximate surface area is 226 Å². The predicted octanol–water partition coefficient (Wildman–Crippen LogP) is 5.96. The summed E-state index contributed by atoms with van der Waals surface area (Å²) in [5, 5.41) is 2.91. The van der Waals surface area contributed by atoms with E-state index in [1.165, 1.54) is 0 Å². The maximum atomic E-state index is 13.6. The number of amides is 3. The Morgan fingerprint density at radius 3 is 2.41 bits per heavy atom. The molecule has 1 aromatic heterocycles. The molecule has 3 aromatic rings. The summed E-state index contributed by atoms with van der Waals surface area (Å²) in [7, 11) is 3.19. The first kappa shape index (κ1) is 28.1. The number of halogens is 1. The van der Waals surface area contributed by atoms with Crippen molar-refractivity contribution in [3.8, 4) is 11.5 Å². The van der Waals surface area contributed by atoms with Crippen LogP contribution in [-0.2, 0) is 17.8 Å². The molecule has 0 radical (unpaired) electrons. The third-order valence-corrected chi connectivity index (χ3v) is 6.71. The molecular formula is C28H34BrN3O5. The maximum absolute atomic E-state index is 13.6. The van der Waals surface area contributed by atoms with Crippen LogP contribution in [-0.4, -0.2) is 55.1 Å². The van der Waals surface area contributed by atoms with Gasteiger partial charge in [-0.25, -0.2) is 4.79 Å². The van der Waals surface area contributed by atoms with E-state index in [1.54, 1.807) is 36.3 Å². The first-order valence-corrected chi connectivity index (χ1v) is 13.0. The molecule has 1 atom stereocenters. The van der Waals surface area contributed by atoms with Gasteiger partial charge in [0, 0.05) is 22.7 Å². The number of hydrogen-bond acceptors (Lipinski definition) is 5. The molecule has 0 bridgehead atoms. The molecule has 3 rings (SSSR count). The topological polar surface area (TPSA) is 84.2 Å². The van der Waals surface area contributed by atoms with Crippen LogP contribution in [0.15, 0.2) is 69.8 Å². The molecule has 0 fully saturated rings. The minimum atomic E-state index is -0.317. The standard InChI is InChI=1S/C28H34BrN3O5/c1-5-20(2)32(28(34)30-23-11-9-22(29)10-12-23)19-27(33)31(18-24-7-6-16-37-24)15-14-21-8-13-25(35-3)26(17-21)36-4/h6-13,16-17,20H,5,14-15,18-19H2,1-4H3,(H,30,34). The van der Waals surface area contributed by atoms with Gasteiger partial charge in [0.25, 0.3) is 0 Å². The maximum Gasteiger partial charge on any atom is 0.322 e. The fourth-order valence-corrected chi connectivity index (χ4v) is 4.07. The summed E-state index contributed by atoms with van der Waals surface area (Å²) in [6, 6.07) is 16.2. The Kier molecular flexibility index (Phi) is 10.4. The van der Waals surface area contributed by atoms with Crippen LogP contribution in [0.1, 0.15) is 31.6 Å². The molecule has 9 heteroatoms. The second-order valence-corrected chi connectivity index (χ2v) is 9.57. The number of ether oxygens (including phenoxy) is 2.